The zero-order valence-electron chi connectivity index (χ0n) is 14.6. The molecule has 0 fully saturated rings. The van der Waals surface area contributed by atoms with Gasteiger partial charge in [0.25, 0.3) is 5.91 Å². The molecule has 0 spiro atoms. The normalized spacial score (nSPS) is 19.0. The molecule has 3 aromatic rings. The number of anilines is 1. The zero-order chi connectivity index (χ0) is 19.7. The minimum absolute atomic E-state index is 0.0861. The van der Waals surface area contributed by atoms with Crippen molar-refractivity contribution in [2.24, 2.45) is 0 Å². The van der Waals surface area contributed by atoms with E-state index in [-0.39, 0.29) is 24.5 Å². The third-order valence-electron chi connectivity index (χ3n) is 4.63. The topological polar surface area (TPSA) is 72.1 Å². The van der Waals surface area contributed by atoms with Crippen molar-refractivity contribution in [3.63, 3.8) is 0 Å². The van der Waals surface area contributed by atoms with E-state index in [1.54, 1.807) is 42.5 Å². The molecular weight excluding hydrogens is 373 g/mol. The molecule has 0 saturated carbocycles. The first-order valence-electron chi connectivity index (χ1n) is 8.70. The molecule has 0 saturated heterocycles. The predicted octanol–water partition coefficient (Wildman–Crippen LogP) is 4.07. The first-order valence-corrected chi connectivity index (χ1v) is 8.70. The largest absolute Gasteiger partial charge is 0.467 e. The molecule has 0 unspecified atom stereocenters. The molecule has 3 heterocycles. The number of alkyl halides is 3. The van der Waals surface area contributed by atoms with Crippen LogP contribution in [0.2, 0.25) is 0 Å². The van der Waals surface area contributed by atoms with Crippen LogP contribution in [-0.2, 0) is 6.54 Å². The van der Waals surface area contributed by atoms with E-state index in [1.165, 1.54) is 12.3 Å². The number of amides is 1. The first kappa shape index (κ1) is 18.1. The van der Waals surface area contributed by atoms with Gasteiger partial charge in [-0.2, -0.15) is 18.3 Å². The van der Waals surface area contributed by atoms with Crippen molar-refractivity contribution in [2.45, 2.75) is 31.2 Å². The molecule has 4 rings (SSSR count). The van der Waals surface area contributed by atoms with E-state index in [2.05, 4.69) is 15.7 Å². The van der Waals surface area contributed by atoms with Crippen LogP contribution in [0.15, 0.2) is 59.2 Å². The van der Waals surface area contributed by atoms with E-state index in [4.69, 9.17) is 4.42 Å². The Morgan fingerprint density at radius 3 is 2.71 bits per heavy atom. The van der Waals surface area contributed by atoms with E-state index < -0.39 is 24.2 Å². The van der Waals surface area contributed by atoms with Crippen molar-refractivity contribution < 1.29 is 22.4 Å². The number of nitrogens with one attached hydrogen (secondary N) is 2. The number of benzene rings is 1. The molecule has 1 aromatic carbocycles. The molecule has 0 bridgehead atoms. The maximum atomic E-state index is 13.7. The summed E-state index contributed by atoms with van der Waals surface area (Å²) in [5.74, 6) is 0.121. The van der Waals surface area contributed by atoms with E-state index in [9.17, 15) is 18.0 Å². The van der Waals surface area contributed by atoms with Gasteiger partial charge < -0.3 is 15.1 Å². The van der Waals surface area contributed by atoms with Crippen molar-refractivity contribution in [3.8, 4) is 0 Å². The number of carbonyl (C=O) groups excluding carboxylic acids is 1. The van der Waals surface area contributed by atoms with Gasteiger partial charge in [0.05, 0.1) is 18.8 Å². The lowest BCUT2D eigenvalue weighted by Gasteiger charge is -2.33. The van der Waals surface area contributed by atoms with Gasteiger partial charge in [-0.15, -0.1) is 0 Å². The number of carbonyl (C=O) groups is 1. The van der Waals surface area contributed by atoms with Crippen molar-refractivity contribution in [1.29, 1.82) is 0 Å². The summed E-state index contributed by atoms with van der Waals surface area (Å²) >= 11 is 0. The number of fused-ring (bicyclic) bond motifs is 1. The third-order valence-corrected chi connectivity index (χ3v) is 4.63. The number of aromatic nitrogens is 2. The van der Waals surface area contributed by atoms with Gasteiger partial charge in [-0.25, -0.2) is 4.68 Å². The molecule has 28 heavy (non-hydrogen) atoms. The Morgan fingerprint density at radius 2 is 2.04 bits per heavy atom. The summed E-state index contributed by atoms with van der Waals surface area (Å²) in [6.45, 7) is 0.122. The number of hydrogen-bond donors (Lipinski definition) is 2. The summed E-state index contributed by atoms with van der Waals surface area (Å²) < 4.78 is 46.9. The maximum Gasteiger partial charge on any atom is 0.410 e. The Balaban J connectivity index is 1.59. The molecule has 0 radical (unpaired) electrons. The van der Waals surface area contributed by atoms with Crippen LogP contribution in [0.25, 0.3) is 0 Å². The van der Waals surface area contributed by atoms with Gasteiger partial charge in [0, 0.05) is 12.5 Å². The first-order chi connectivity index (χ1) is 13.4. The minimum atomic E-state index is -4.49. The van der Waals surface area contributed by atoms with Gasteiger partial charge in [0.2, 0.25) is 0 Å². The second-order valence-corrected chi connectivity index (χ2v) is 6.52. The SMILES string of the molecule is O=C(NCc1ccco1)c1cc2n(n1)[C@@H](C(F)(F)F)C[C@H](c1ccccc1)N2. The maximum absolute atomic E-state index is 13.7. The highest BCUT2D eigenvalue weighted by atomic mass is 19.4. The Labute approximate surface area is 158 Å². The molecular formula is C19H17F3N4O2. The van der Waals surface area contributed by atoms with Crippen LogP contribution in [0.5, 0.6) is 0 Å². The van der Waals surface area contributed by atoms with Crippen molar-refractivity contribution in [1.82, 2.24) is 15.1 Å². The van der Waals surface area contributed by atoms with Crippen molar-refractivity contribution in [2.75, 3.05) is 5.32 Å². The highest BCUT2D eigenvalue weighted by Crippen LogP contribution is 2.43. The number of furan rings is 1. The average molecular weight is 390 g/mol. The van der Waals surface area contributed by atoms with E-state index in [1.807, 2.05) is 0 Å². The van der Waals surface area contributed by atoms with E-state index in [0.717, 1.165) is 10.2 Å². The lowest BCUT2D eigenvalue weighted by atomic mass is 9.97. The molecule has 146 valence electrons. The van der Waals surface area contributed by atoms with Crippen LogP contribution in [-0.4, -0.2) is 21.9 Å². The van der Waals surface area contributed by atoms with Crippen molar-refractivity contribution >= 4 is 11.7 Å². The molecule has 9 heteroatoms. The van der Waals surface area contributed by atoms with Gasteiger partial charge in [-0.05, 0) is 17.7 Å². The van der Waals surface area contributed by atoms with Crippen LogP contribution in [0.4, 0.5) is 19.0 Å². The molecule has 1 aliphatic rings. The Kier molecular flexibility index (Phi) is 4.58. The van der Waals surface area contributed by atoms with Gasteiger partial charge in [0.1, 0.15) is 11.6 Å². The second-order valence-electron chi connectivity index (χ2n) is 6.52. The fourth-order valence-corrected chi connectivity index (χ4v) is 3.26. The molecule has 1 aliphatic heterocycles. The lowest BCUT2D eigenvalue weighted by molar-refractivity contribution is -0.173. The summed E-state index contributed by atoms with van der Waals surface area (Å²) in [5.41, 5.74) is 0.657. The molecule has 1 amide bonds. The highest BCUT2D eigenvalue weighted by Gasteiger charge is 2.46. The summed E-state index contributed by atoms with van der Waals surface area (Å²) in [4.78, 5) is 12.3. The second kappa shape index (κ2) is 7.06. The molecule has 2 atom stereocenters. The Hall–Kier alpha value is -3.23. The summed E-state index contributed by atoms with van der Waals surface area (Å²) in [7, 11) is 0. The molecule has 2 N–H and O–H groups in total. The quantitative estimate of drug-likeness (QED) is 0.705. The minimum Gasteiger partial charge on any atom is -0.467 e. The number of rotatable bonds is 4. The van der Waals surface area contributed by atoms with Crippen molar-refractivity contribution in [3.05, 3.63) is 71.8 Å². The smallest absolute Gasteiger partial charge is 0.410 e. The summed E-state index contributed by atoms with van der Waals surface area (Å²) in [6, 6.07) is 11.3. The van der Waals surface area contributed by atoms with Crippen LogP contribution < -0.4 is 10.6 Å². The number of hydrogen-bond acceptors (Lipinski definition) is 4. The summed E-state index contributed by atoms with van der Waals surface area (Å²) in [5, 5.41) is 9.57. The van der Waals surface area contributed by atoms with Gasteiger partial charge >= 0.3 is 6.18 Å². The standard InChI is InChI=1S/C19H17F3N4O2/c20-19(21,22)16-9-14(12-5-2-1-3-6-12)24-17-10-15(25-26(16)17)18(27)23-11-13-7-4-8-28-13/h1-8,10,14,16,24H,9,11H2,(H,23,27)/t14-,16-/m1/s1. The van der Waals surface area contributed by atoms with E-state index in [0.29, 0.717) is 5.76 Å². The molecule has 0 aliphatic carbocycles. The van der Waals surface area contributed by atoms with Gasteiger partial charge in [0.15, 0.2) is 11.7 Å². The molecule has 2 aromatic heterocycles. The van der Waals surface area contributed by atoms with Gasteiger partial charge in [-0.3, -0.25) is 4.79 Å². The fourth-order valence-electron chi connectivity index (χ4n) is 3.26. The summed E-state index contributed by atoms with van der Waals surface area (Å²) in [6.07, 6.45) is -3.23. The van der Waals surface area contributed by atoms with Gasteiger partial charge in [-0.1, -0.05) is 30.3 Å². The van der Waals surface area contributed by atoms with Crippen LogP contribution in [0.1, 0.15) is 40.3 Å². The highest BCUT2D eigenvalue weighted by molar-refractivity contribution is 5.93. The lowest BCUT2D eigenvalue weighted by Crippen LogP contribution is -2.35. The zero-order valence-corrected chi connectivity index (χ0v) is 14.6. The molecule has 6 nitrogen and oxygen atoms in total. The average Bonchev–Trinajstić information content (AvgIpc) is 3.34. The Bertz CT molecular complexity index is 951. The monoisotopic (exact) mass is 390 g/mol. The fraction of sp³-hybridized carbons (Fsp3) is 0.263. The predicted molar refractivity (Wildman–Crippen MR) is 94.6 cm³/mol. The van der Waals surface area contributed by atoms with E-state index >= 15 is 0 Å². The van der Waals surface area contributed by atoms with Crippen LogP contribution in [0, 0.1) is 0 Å². The third kappa shape index (κ3) is 3.60. The van der Waals surface area contributed by atoms with Crippen LogP contribution >= 0.6 is 0 Å². The number of nitrogens with zero attached hydrogens (tertiary/aromatic N) is 2. The number of halogens is 3. The Morgan fingerprint density at radius 1 is 1.25 bits per heavy atom. The van der Waals surface area contributed by atoms with Crippen LogP contribution in [0.3, 0.4) is 0 Å².